The zero-order valence-corrected chi connectivity index (χ0v) is 10.2. The Morgan fingerprint density at radius 3 is 2.78 bits per heavy atom. The van der Waals surface area contributed by atoms with Crippen molar-refractivity contribution < 1.29 is 14.5 Å². The predicted octanol–water partition coefficient (Wildman–Crippen LogP) is 2.14. The van der Waals surface area contributed by atoms with Gasteiger partial charge in [-0.2, -0.15) is 0 Å². The van der Waals surface area contributed by atoms with Crippen molar-refractivity contribution in [3.8, 4) is 0 Å². The lowest BCUT2D eigenvalue weighted by Gasteiger charge is -2.02. The smallest absolute Gasteiger partial charge is 0.333 e. The summed E-state index contributed by atoms with van der Waals surface area (Å²) in [5, 5.41) is 10.7. The number of nitrogens with zero attached hydrogens (tertiary/aromatic N) is 1. The number of nitro groups is 1. The van der Waals surface area contributed by atoms with Crippen LogP contribution in [-0.4, -0.2) is 17.5 Å². The Balaban J connectivity index is 3.05. The second-order valence-corrected chi connectivity index (χ2v) is 3.62. The quantitative estimate of drug-likeness (QED) is 0.290. The molecule has 2 N–H and O–H groups in total. The van der Waals surface area contributed by atoms with Crippen molar-refractivity contribution in [3.05, 3.63) is 39.4 Å². The molecule has 0 aliphatic carbocycles. The van der Waals surface area contributed by atoms with Crippen molar-refractivity contribution in [2.75, 3.05) is 12.3 Å². The van der Waals surface area contributed by atoms with Gasteiger partial charge in [-0.1, -0.05) is 6.07 Å². The molecule has 1 rings (SSSR count). The van der Waals surface area contributed by atoms with E-state index in [4.69, 9.17) is 10.5 Å². The van der Waals surface area contributed by atoms with E-state index in [0.717, 1.165) is 0 Å². The van der Waals surface area contributed by atoms with E-state index in [-0.39, 0.29) is 18.0 Å². The fourth-order valence-corrected chi connectivity index (χ4v) is 1.36. The molecule has 6 nitrogen and oxygen atoms in total. The lowest BCUT2D eigenvalue weighted by molar-refractivity contribution is -0.383. The van der Waals surface area contributed by atoms with Crippen molar-refractivity contribution in [1.29, 1.82) is 0 Å². The summed E-state index contributed by atoms with van der Waals surface area (Å²) in [6.07, 6.45) is 1.52. The minimum absolute atomic E-state index is 0.0888. The van der Waals surface area contributed by atoms with Crippen LogP contribution in [0.5, 0.6) is 0 Å². The van der Waals surface area contributed by atoms with Gasteiger partial charge in [-0.25, -0.2) is 4.79 Å². The van der Waals surface area contributed by atoms with Gasteiger partial charge >= 0.3 is 5.97 Å². The van der Waals surface area contributed by atoms with Crippen LogP contribution in [-0.2, 0) is 9.53 Å². The number of esters is 1. The average Bonchev–Trinajstić information content (AvgIpc) is 2.31. The molecule has 0 bridgehead atoms. The number of hydrogen-bond acceptors (Lipinski definition) is 5. The topological polar surface area (TPSA) is 95.5 Å². The molecule has 0 aliphatic rings. The molecule has 0 aliphatic heterocycles. The molecular formula is C12H14N2O4. The van der Waals surface area contributed by atoms with Gasteiger partial charge in [0.2, 0.25) is 0 Å². The second-order valence-electron chi connectivity index (χ2n) is 3.62. The van der Waals surface area contributed by atoms with E-state index in [0.29, 0.717) is 11.1 Å². The first kappa shape index (κ1) is 13.7. The number of rotatable bonds is 4. The van der Waals surface area contributed by atoms with E-state index in [9.17, 15) is 14.9 Å². The van der Waals surface area contributed by atoms with Crippen molar-refractivity contribution in [3.63, 3.8) is 0 Å². The van der Waals surface area contributed by atoms with Crippen molar-refractivity contribution in [1.82, 2.24) is 0 Å². The molecule has 0 unspecified atom stereocenters. The average molecular weight is 250 g/mol. The Labute approximate surface area is 104 Å². The van der Waals surface area contributed by atoms with Gasteiger partial charge in [0.1, 0.15) is 5.69 Å². The van der Waals surface area contributed by atoms with E-state index in [2.05, 4.69) is 0 Å². The highest BCUT2D eigenvalue weighted by atomic mass is 16.6. The summed E-state index contributed by atoms with van der Waals surface area (Å²) in [6, 6.07) is 4.35. The van der Waals surface area contributed by atoms with Gasteiger partial charge in [-0.05, 0) is 31.6 Å². The molecule has 0 saturated carbocycles. The van der Waals surface area contributed by atoms with Crippen LogP contribution in [0.1, 0.15) is 19.4 Å². The molecule has 1 aromatic rings. The number of carbonyl (C=O) groups excluding carboxylic acids is 1. The maximum atomic E-state index is 11.4. The summed E-state index contributed by atoms with van der Waals surface area (Å²) >= 11 is 0. The van der Waals surface area contributed by atoms with E-state index in [1.54, 1.807) is 19.9 Å². The lowest BCUT2D eigenvalue weighted by atomic mass is 10.1. The highest BCUT2D eigenvalue weighted by Crippen LogP contribution is 2.23. The van der Waals surface area contributed by atoms with Crippen LogP contribution in [0.15, 0.2) is 23.8 Å². The fraction of sp³-hybridized carbons (Fsp3) is 0.250. The third-order valence-corrected chi connectivity index (χ3v) is 2.23. The monoisotopic (exact) mass is 250 g/mol. The maximum Gasteiger partial charge on any atom is 0.333 e. The van der Waals surface area contributed by atoms with Gasteiger partial charge in [-0.3, -0.25) is 10.1 Å². The molecule has 0 heterocycles. The van der Waals surface area contributed by atoms with Crippen molar-refractivity contribution in [2.45, 2.75) is 13.8 Å². The fourth-order valence-electron chi connectivity index (χ4n) is 1.36. The number of hydrogen-bond donors (Lipinski definition) is 1. The van der Waals surface area contributed by atoms with Crippen LogP contribution in [0.2, 0.25) is 0 Å². The number of benzene rings is 1. The predicted molar refractivity (Wildman–Crippen MR) is 67.8 cm³/mol. The normalized spacial score (nSPS) is 11.1. The summed E-state index contributed by atoms with van der Waals surface area (Å²) in [5.74, 6) is -0.447. The van der Waals surface area contributed by atoms with Crippen LogP contribution >= 0.6 is 0 Å². The summed E-state index contributed by atoms with van der Waals surface area (Å²) in [6.45, 7) is 3.57. The highest BCUT2D eigenvalue weighted by molar-refractivity contribution is 5.93. The summed E-state index contributed by atoms with van der Waals surface area (Å²) in [4.78, 5) is 21.5. The third kappa shape index (κ3) is 3.31. The van der Waals surface area contributed by atoms with Gasteiger partial charge in [0.05, 0.1) is 11.5 Å². The Morgan fingerprint density at radius 1 is 1.56 bits per heavy atom. The number of carbonyl (C=O) groups is 1. The molecule has 0 fully saturated rings. The minimum Gasteiger partial charge on any atom is -0.463 e. The van der Waals surface area contributed by atoms with Gasteiger partial charge in [0, 0.05) is 11.6 Å². The standard InChI is InChI=1S/C12H14N2O4/c1-3-18-12(15)8(2)6-9-4-5-10(13)11(7-9)14(16)17/h4-7H,3,13H2,1-2H3. The Bertz CT molecular complexity index is 509. The Kier molecular flexibility index (Phi) is 4.42. The first-order valence-corrected chi connectivity index (χ1v) is 5.35. The molecule has 0 atom stereocenters. The largest absolute Gasteiger partial charge is 0.463 e. The van der Waals surface area contributed by atoms with Crippen molar-refractivity contribution in [2.24, 2.45) is 0 Å². The van der Waals surface area contributed by atoms with Crippen LogP contribution in [0.4, 0.5) is 11.4 Å². The Hall–Kier alpha value is -2.37. The van der Waals surface area contributed by atoms with E-state index >= 15 is 0 Å². The van der Waals surface area contributed by atoms with E-state index < -0.39 is 10.9 Å². The molecular weight excluding hydrogens is 236 g/mol. The number of anilines is 1. The molecule has 0 saturated heterocycles. The SMILES string of the molecule is CCOC(=O)C(C)=Cc1ccc(N)c([N+](=O)[O-])c1. The summed E-state index contributed by atoms with van der Waals surface area (Å²) < 4.78 is 4.81. The number of ether oxygens (including phenoxy) is 1. The summed E-state index contributed by atoms with van der Waals surface area (Å²) in [5.41, 5.74) is 6.28. The molecule has 18 heavy (non-hydrogen) atoms. The second kappa shape index (κ2) is 5.81. The first-order valence-electron chi connectivity index (χ1n) is 5.35. The Morgan fingerprint density at radius 2 is 2.22 bits per heavy atom. The maximum absolute atomic E-state index is 11.4. The molecule has 0 amide bonds. The number of nitrogens with two attached hydrogens (primary N) is 1. The van der Waals surface area contributed by atoms with Gasteiger partial charge in [0.15, 0.2) is 0 Å². The van der Waals surface area contributed by atoms with Crippen molar-refractivity contribution >= 4 is 23.4 Å². The molecule has 6 heteroatoms. The van der Waals surface area contributed by atoms with Gasteiger partial charge < -0.3 is 10.5 Å². The number of nitro benzene ring substituents is 1. The molecule has 0 aromatic heterocycles. The third-order valence-electron chi connectivity index (χ3n) is 2.23. The number of nitrogen functional groups attached to an aromatic ring is 1. The van der Waals surface area contributed by atoms with Gasteiger partial charge in [-0.15, -0.1) is 0 Å². The molecule has 0 radical (unpaired) electrons. The first-order chi connectivity index (χ1) is 8.45. The molecule has 1 aromatic carbocycles. The zero-order valence-electron chi connectivity index (χ0n) is 10.2. The molecule has 0 spiro atoms. The minimum atomic E-state index is -0.563. The van der Waals surface area contributed by atoms with Crippen LogP contribution in [0.25, 0.3) is 6.08 Å². The van der Waals surface area contributed by atoms with E-state index in [1.807, 2.05) is 0 Å². The van der Waals surface area contributed by atoms with Crippen LogP contribution in [0.3, 0.4) is 0 Å². The van der Waals surface area contributed by atoms with Crippen LogP contribution < -0.4 is 5.73 Å². The highest BCUT2D eigenvalue weighted by Gasteiger charge is 2.12. The zero-order chi connectivity index (χ0) is 13.7. The van der Waals surface area contributed by atoms with Crippen LogP contribution in [0, 0.1) is 10.1 Å². The van der Waals surface area contributed by atoms with E-state index in [1.165, 1.54) is 18.2 Å². The molecule has 96 valence electrons. The van der Waals surface area contributed by atoms with Gasteiger partial charge in [0.25, 0.3) is 5.69 Å². The summed E-state index contributed by atoms with van der Waals surface area (Å²) in [7, 11) is 0. The lowest BCUT2D eigenvalue weighted by Crippen LogP contribution is -2.04.